The lowest BCUT2D eigenvalue weighted by Crippen LogP contribution is -2.32. The Kier molecular flexibility index (Phi) is 4.37. The number of carboxylic acid groups (broad SMARTS) is 1. The lowest BCUT2D eigenvalue weighted by Gasteiger charge is -2.11. The summed E-state index contributed by atoms with van der Waals surface area (Å²) in [4.78, 5) is 10.1. The van der Waals surface area contributed by atoms with Crippen molar-refractivity contribution in [2.45, 2.75) is 6.04 Å². The third-order valence-corrected chi connectivity index (χ3v) is 1.68. The molecule has 0 aromatic rings. The van der Waals surface area contributed by atoms with E-state index in [1.54, 1.807) is 0 Å². The average molecular weight is 263 g/mol. The number of aliphatic hydroxyl groups is 1. The first-order chi connectivity index (χ1) is 4.09. The zero-order chi connectivity index (χ0) is 7.44. The van der Waals surface area contributed by atoms with Crippen molar-refractivity contribution in [1.82, 2.24) is 2.95 Å². The van der Waals surface area contributed by atoms with E-state index in [0.29, 0.717) is 0 Å². The van der Waals surface area contributed by atoms with Crippen molar-refractivity contribution in [3.63, 3.8) is 0 Å². The Morgan fingerprint density at radius 1 is 1.67 bits per heavy atom. The van der Waals surface area contributed by atoms with Crippen LogP contribution in [-0.2, 0) is 4.79 Å². The van der Waals surface area contributed by atoms with Gasteiger partial charge in [0.05, 0.1) is 6.61 Å². The Hall–Kier alpha value is 0.350. The number of hydrogen-bond donors (Lipinski definition) is 2. The maximum Gasteiger partial charge on any atom is 0.325 e. The smallest absolute Gasteiger partial charge is 0.325 e. The average Bonchev–Trinajstić information content (AvgIpc) is 1.64. The van der Waals surface area contributed by atoms with Gasteiger partial charge in [-0.25, -0.2) is 0 Å². The molecule has 0 radical (unpaired) electrons. The second-order valence-corrected chi connectivity index (χ2v) is 3.78. The molecule has 1 atom stereocenters. The van der Waals surface area contributed by atoms with Gasteiger partial charge < -0.3 is 10.2 Å². The highest BCUT2D eigenvalue weighted by molar-refractivity contribution is 9.21. The Bertz CT molecular complexity index is 107. The fourth-order valence-corrected chi connectivity index (χ4v) is 0.833. The molecule has 0 fully saturated rings. The molecule has 0 heterocycles. The van der Waals surface area contributed by atoms with Crippen LogP contribution in [0, 0.1) is 0 Å². The zero-order valence-corrected chi connectivity index (χ0v) is 7.46. The van der Waals surface area contributed by atoms with Crippen molar-refractivity contribution in [2.24, 2.45) is 0 Å². The molecule has 0 saturated heterocycles. The van der Waals surface area contributed by atoms with Crippen LogP contribution in [0.4, 0.5) is 0 Å². The standard InChI is InChI=1S/C3H5Br2NO3/c4-6(5)2(1-7)3(8)9/h2,7H,1H2,(H,8,9)/t2-/m0/s1. The zero-order valence-electron chi connectivity index (χ0n) is 4.29. The minimum Gasteiger partial charge on any atom is -0.480 e. The van der Waals surface area contributed by atoms with Crippen LogP contribution in [-0.4, -0.2) is 31.8 Å². The summed E-state index contributed by atoms with van der Waals surface area (Å²) in [5.41, 5.74) is 0. The fourth-order valence-electron chi connectivity index (χ4n) is 0.223. The lowest BCUT2D eigenvalue weighted by molar-refractivity contribution is -0.140. The van der Waals surface area contributed by atoms with Gasteiger partial charge in [-0.1, -0.05) is 0 Å². The minimum absolute atomic E-state index is 0.439. The number of nitrogens with zero attached hydrogens (tertiary/aromatic N) is 1. The van der Waals surface area contributed by atoms with Crippen molar-refractivity contribution < 1.29 is 15.0 Å². The number of carboxylic acids is 1. The molecular weight excluding hydrogens is 258 g/mol. The van der Waals surface area contributed by atoms with Crippen molar-refractivity contribution in [1.29, 1.82) is 0 Å². The van der Waals surface area contributed by atoms with Gasteiger partial charge in [-0.2, -0.15) is 2.95 Å². The summed E-state index contributed by atoms with van der Waals surface area (Å²) in [6, 6.07) is -0.940. The molecule has 0 aliphatic rings. The number of aliphatic carboxylic acids is 1. The largest absolute Gasteiger partial charge is 0.480 e. The van der Waals surface area contributed by atoms with E-state index in [1.165, 1.54) is 0 Å². The second-order valence-electron chi connectivity index (χ2n) is 1.30. The maximum atomic E-state index is 10.1. The number of rotatable bonds is 3. The normalized spacial score (nSPS) is 13.8. The van der Waals surface area contributed by atoms with E-state index in [-0.39, 0.29) is 0 Å². The van der Waals surface area contributed by atoms with E-state index in [9.17, 15) is 4.79 Å². The molecule has 0 bridgehead atoms. The van der Waals surface area contributed by atoms with Crippen LogP contribution in [0.25, 0.3) is 0 Å². The highest BCUT2D eigenvalue weighted by Crippen LogP contribution is 2.11. The fraction of sp³-hybridized carbons (Fsp3) is 0.667. The van der Waals surface area contributed by atoms with Crippen molar-refractivity contribution in [2.75, 3.05) is 6.61 Å². The molecule has 6 heteroatoms. The third-order valence-electron chi connectivity index (χ3n) is 0.694. The van der Waals surface area contributed by atoms with Gasteiger partial charge in [-0.05, 0) is 0 Å². The van der Waals surface area contributed by atoms with Crippen LogP contribution in [0.1, 0.15) is 0 Å². The molecule has 54 valence electrons. The summed E-state index contributed by atoms with van der Waals surface area (Å²) < 4.78 is 1.07. The predicted octanol–water partition coefficient (Wildman–Crippen LogP) is 0.354. The molecular formula is C3H5Br2NO3. The van der Waals surface area contributed by atoms with E-state index in [4.69, 9.17) is 10.2 Å². The van der Waals surface area contributed by atoms with E-state index >= 15 is 0 Å². The molecule has 0 spiro atoms. The Labute approximate surface area is 69.1 Å². The molecule has 0 aliphatic carbocycles. The van der Waals surface area contributed by atoms with Crippen LogP contribution in [0.3, 0.4) is 0 Å². The van der Waals surface area contributed by atoms with E-state index in [0.717, 1.165) is 2.95 Å². The summed E-state index contributed by atoms with van der Waals surface area (Å²) in [7, 11) is 0. The molecule has 0 rings (SSSR count). The molecule has 2 N–H and O–H groups in total. The van der Waals surface area contributed by atoms with Gasteiger partial charge in [0.1, 0.15) is 0 Å². The number of hydrogen-bond acceptors (Lipinski definition) is 3. The maximum absolute atomic E-state index is 10.1. The quantitative estimate of drug-likeness (QED) is 0.721. The molecule has 4 nitrogen and oxygen atoms in total. The van der Waals surface area contributed by atoms with Crippen LogP contribution in [0.5, 0.6) is 0 Å². The van der Waals surface area contributed by atoms with Gasteiger partial charge in [0.15, 0.2) is 6.04 Å². The Morgan fingerprint density at radius 3 is 2.11 bits per heavy atom. The first-order valence-electron chi connectivity index (χ1n) is 2.04. The highest BCUT2D eigenvalue weighted by atomic mass is 79.9. The topological polar surface area (TPSA) is 60.8 Å². The molecule has 0 saturated carbocycles. The van der Waals surface area contributed by atoms with Crippen LogP contribution < -0.4 is 0 Å². The molecule has 0 amide bonds. The van der Waals surface area contributed by atoms with Crippen LogP contribution in [0.15, 0.2) is 0 Å². The van der Waals surface area contributed by atoms with E-state index < -0.39 is 18.6 Å². The summed E-state index contributed by atoms with van der Waals surface area (Å²) in [6.45, 7) is -0.439. The summed E-state index contributed by atoms with van der Waals surface area (Å²) in [5.74, 6) is -1.09. The number of halogens is 2. The first kappa shape index (κ1) is 9.35. The van der Waals surface area contributed by atoms with Crippen LogP contribution in [0.2, 0.25) is 0 Å². The minimum atomic E-state index is -1.09. The van der Waals surface area contributed by atoms with Crippen molar-refractivity contribution in [3.05, 3.63) is 0 Å². The van der Waals surface area contributed by atoms with E-state index in [1.807, 2.05) is 0 Å². The summed E-state index contributed by atoms with van der Waals surface area (Å²) in [5, 5.41) is 16.7. The van der Waals surface area contributed by atoms with Crippen LogP contribution >= 0.6 is 32.3 Å². The van der Waals surface area contributed by atoms with Crippen molar-refractivity contribution >= 4 is 38.3 Å². The molecule has 0 aliphatic heterocycles. The summed E-state index contributed by atoms with van der Waals surface area (Å²) in [6.07, 6.45) is 0. The first-order valence-corrected chi connectivity index (χ1v) is 3.46. The summed E-state index contributed by atoms with van der Waals surface area (Å²) >= 11 is 5.62. The SMILES string of the molecule is O=C(O)[C@H](CO)N(Br)Br. The van der Waals surface area contributed by atoms with Gasteiger partial charge in [0.2, 0.25) is 0 Å². The molecule has 9 heavy (non-hydrogen) atoms. The third kappa shape index (κ3) is 3.14. The van der Waals surface area contributed by atoms with E-state index in [2.05, 4.69) is 32.3 Å². The monoisotopic (exact) mass is 261 g/mol. The molecule has 0 unspecified atom stereocenters. The predicted molar refractivity (Wildman–Crippen MR) is 38.2 cm³/mol. The van der Waals surface area contributed by atoms with Gasteiger partial charge >= 0.3 is 5.97 Å². The lowest BCUT2D eigenvalue weighted by atomic mass is 10.3. The van der Waals surface area contributed by atoms with Gasteiger partial charge in [-0.3, -0.25) is 4.79 Å². The molecule has 0 aromatic heterocycles. The van der Waals surface area contributed by atoms with Gasteiger partial charge in [-0.15, -0.1) is 0 Å². The van der Waals surface area contributed by atoms with Crippen molar-refractivity contribution in [3.8, 4) is 0 Å². The number of aliphatic hydroxyl groups excluding tert-OH is 1. The number of carbonyl (C=O) groups is 1. The highest BCUT2D eigenvalue weighted by Gasteiger charge is 2.20. The second kappa shape index (κ2) is 4.21. The Balaban J connectivity index is 3.83. The van der Waals surface area contributed by atoms with Gasteiger partial charge in [0, 0.05) is 32.3 Å². The molecule has 0 aromatic carbocycles. The Morgan fingerprint density at radius 2 is 2.11 bits per heavy atom. The van der Waals surface area contributed by atoms with Gasteiger partial charge in [0.25, 0.3) is 0 Å².